The number of halogens is 1. The van der Waals surface area contributed by atoms with Crippen LogP contribution in [0.25, 0.3) is 11.0 Å². The van der Waals surface area contributed by atoms with Gasteiger partial charge in [-0.25, -0.2) is 4.98 Å². The highest BCUT2D eigenvalue weighted by molar-refractivity contribution is 7.53. The monoisotopic (exact) mass is 517 g/mol. The third kappa shape index (κ3) is 5.65. The molecule has 2 aliphatic rings. The molecule has 1 aliphatic heterocycles. The fraction of sp³-hybridized carbons (Fsp3) is 0.727. The summed E-state index contributed by atoms with van der Waals surface area (Å²) in [7, 11) is -3.39. The van der Waals surface area contributed by atoms with E-state index in [4.69, 9.17) is 30.1 Å². The summed E-state index contributed by atoms with van der Waals surface area (Å²) in [5, 5.41) is 22.3. The molecule has 0 spiro atoms. The quantitative estimate of drug-likeness (QED) is 0.339. The third-order valence-electron chi connectivity index (χ3n) is 6.37. The number of fused-ring (bicyclic) bond motifs is 1. The van der Waals surface area contributed by atoms with Crippen LogP contribution in [0.5, 0.6) is 0 Å². The van der Waals surface area contributed by atoms with Crippen LogP contribution in [0.15, 0.2) is 12.3 Å². The Labute approximate surface area is 204 Å². The van der Waals surface area contributed by atoms with E-state index in [0.29, 0.717) is 11.6 Å². The normalized spacial score (nSPS) is 26.1. The number of aliphatic hydroxyl groups excluding tert-OH is 2. The van der Waals surface area contributed by atoms with E-state index in [2.05, 4.69) is 9.97 Å². The van der Waals surface area contributed by atoms with Crippen LogP contribution >= 0.6 is 19.2 Å². The van der Waals surface area contributed by atoms with E-state index < -0.39 is 32.1 Å². The Bertz CT molecular complexity index is 1010. The Hall–Kier alpha value is -1.10. The summed E-state index contributed by atoms with van der Waals surface area (Å²) >= 11 is 6.24. The molecule has 0 amide bonds. The molecule has 10 nitrogen and oxygen atoms in total. The lowest BCUT2D eigenvalue weighted by molar-refractivity contribution is -0.0616. The highest BCUT2D eigenvalue weighted by Gasteiger charge is 2.44. The fourth-order valence-electron chi connectivity index (χ4n) is 4.80. The van der Waals surface area contributed by atoms with Gasteiger partial charge in [-0.05, 0) is 43.9 Å². The maximum Gasteiger partial charge on any atom is 0.356 e. The highest BCUT2D eigenvalue weighted by Crippen LogP contribution is 2.48. The van der Waals surface area contributed by atoms with Crippen molar-refractivity contribution in [3.63, 3.8) is 0 Å². The lowest BCUT2D eigenvalue weighted by atomic mass is 10.0. The average molecular weight is 518 g/mol. The fourth-order valence-corrected chi connectivity index (χ4v) is 6.32. The van der Waals surface area contributed by atoms with Gasteiger partial charge in [0, 0.05) is 11.6 Å². The van der Waals surface area contributed by atoms with Crippen molar-refractivity contribution >= 4 is 30.2 Å². The number of nitrogens with zero attached hydrogens (tertiary/aromatic N) is 3. The van der Waals surface area contributed by atoms with Crippen molar-refractivity contribution in [2.24, 2.45) is 5.92 Å². The molecule has 0 unspecified atom stereocenters. The number of aromatic nitrogens is 3. The molecule has 34 heavy (non-hydrogen) atoms. The molecule has 2 N–H and O–H groups in total. The van der Waals surface area contributed by atoms with Gasteiger partial charge in [-0.2, -0.15) is 4.98 Å². The minimum Gasteiger partial charge on any atom is -0.387 e. The molecule has 4 atom stereocenters. The maximum atomic E-state index is 12.6. The predicted molar refractivity (Wildman–Crippen MR) is 126 cm³/mol. The number of hydrogen-bond acceptors (Lipinski definition) is 9. The second-order valence-corrected chi connectivity index (χ2v) is 11.1. The van der Waals surface area contributed by atoms with Gasteiger partial charge in [0.05, 0.1) is 25.5 Å². The molecule has 0 radical (unpaired) electrons. The summed E-state index contributed by atoms with van der Waals surface area (Å²) in [5.41, 5.74) is 1.43. The number of aliphatic hydroxyl groups is 2. The van der Waals surface area contributed by atoms with E-state index in [-0.39, 0.29) is 31.5 Å². The molecule has 1 saturated carbocycles. The van der Waals surface area contributed by atoms with Crippen molar-refractivity contribution in [3.05, 3.63) is 23.2 Å². The summed E-state index contributed by atoms with van der Waals surface area (Å²) in [4.78, 5) is 8.84. The van der Waals surface area contributed by atoms with Gasteiger partial charge in [-0.15, -0.1) is 0 Å². The van der Waals surface area contributed by atoms with Gasteiger partial charge in [0.15, 0.2) is 6.23 Å². The van der Waals surface area contributed by atoms with E-state index in [9.17, 15) is 14.8 Å². The van der Waals surface area contributed by atoms with Gasteiger partial charge in [0.25, 0.3) is 0 Å². The van der Waals surface area contributed by atoms with E-state index in [1.807, 2.05) is 6.07 Å². The molecule has 1 saturated heterocycles. The minimum atomic E-state index is -3.39. The van der Waals surface area contributed by atoms with Crippen LogP contribution in [0, 0.1) is 5.92 Å². The van der Waals surface area contributed by atoms with E-state index in [1.54, 1.807) is 24.6 Å². The standard InChI is InChI=1S/C22H33ClN3O7P/c1-3-31-34(29,32-4-2)13-30-12-17-18(27)19(28)21(33-17)26-10-9-15-16(11-14-7-5-6-8-14)24-22(23)25-20(15)26/h9-10,14,17-19,21,27-28H,3-8,11-13H2,1-2H3/t17-,18-,19-,21-/m1/s1. The van der Waals surface area contributed by atoms with Gasteiger partial charge in [0.2, 0.25) is 5.28 Å². The minimum absolute atomic E-state index is 0.0965. The van der Waals surface area contributed by atoms with E-state index in [0.717, 1.165) is 17.5 Å². The molecule has 0 bridgehead atoms. The molecule has 3 heterocycles. The van der Waals surface area contributed by atoms with Crippen LogP contribution in [-0.2, 0) is 29.5 Å². The summed E-state index contributed by atoms with van der Waals surface area (Å²) < 4.78 is 36.1. The molecule has 1 aliphatic carbocycles. The van der Waals surface area contributed by atoms with E-state index >= 15 is 0 Å². The van der Waals surface area contributed by atoms with Gasteiger partial charge < -0.3 is 33.3 Å². The van der Waals surface area contributed by atoms with Crippen LogP contribution in [0.2, 0.25) is 5.28 Å². The number of hydrogen-bond donors (Lipinski definition) is 2. The summed E-state index contributed by atoms with van der Waals surface area (Å²) in [5.74, 6) is 0.582. The van der Waals surface area contributed by atoms with Crippen molar-refractivity contribution in [1.29, 1.82) is 0 Å². The largest absolute Gasteiger partial charge is 0.387 e. The molecule has 2 aromatic rings. The zero-order valence-electron chi connectivity index (χ0n) is 19.5. The van der Waals surface area contributed by atoms with Crippen molar-refractivity contribution in [2.75, 3.05) is 26.2 Å². The Balaban J connectivity index is 1.47. The van der Waals surface area contributed by atoms with Crippen LogP contribution < -0.4 is 0 Å². The maximum absolute atomic E-state index is 12.6. The first kappa shape index (κ1) is 26.0. The zero-order chi connectivity index (χ0) is 24.3. The Morgan fingerprint density at radius 3 is 2.56 bits per heavy atom. The second kappa shape index (κ2) is 11.3. The van der Waals surface area contributed by atoms with Gasteiger partial charge in [0.1, 0.15) is 30.3 Å². The van der Waals surface area contributed by atoms with Crippen molar-refractivity contribution in [3.8, 4) is 0 Å². The lowest BCUT2D eigenvalue weighted by Crippen LogP contribution is -2.34. The highest BCUT2D eigenvalue weighted by atomic mass is 35.5. The van der Waals surface area contributed by atoms with Crippen molar-refractivity contribution in [2.45, 2.75) is 70.5 Å². The molecule has 2 fully saturated rings. The van der Waals surface area contributed by atoms with Crippen LogP contribution in [0.1, 0.15) is 51.5 Å². The summed E-state index contributed by atoms with van der Waals surface area (Å²) in [6.45, 7) is 3.77. The van der Waals surface area contributed by atoms with Crippen LogP contribution in [0.4, 0.5) is 0 Å². The summed E-state index contributed by atoms with van der Waals surface area (Å²) in [6.07, 6.45) is 2.99. The van der Waals surface area contributed by atoms with Gasteiger partial charge in [-0.3, -0.25) is 4.57 Å². The predicted octanol–water partition coefficient (Wildman–Crippen LogP) is 3.68. The topological polar surface area (TPSA) is 125 Å². The second-order valence-electron chi connectivity index (χ2n) is 8.75. The molecule has 0 aromatic carbocycles. The first-order valence-electron chi connectivity index (χ1n) is 11.9. The SMILES string of the molecule is CCOP(=O)(COC[C@H]1O[C@@H](n2ccc3c(CC4CCCC4)nc(Cl)nc32)[C@H](O)[C@@H]1O)OCC. The molecule has 2 aromatic heterocycles. The Kier molecular flexibility index (Phi) is 8.64. The smallest absolute Gasteiger partial charge is 0.356 e. The average Bonchev–Trinajstić information content (AvgIpc) is 3.51. The Morgan fingerprint density at radius 2 is 1.88 bits per heavy atom. The lowest BCUT2D eigenvalue weighted by Gasteiger charge is -2.19. The molecule has 12 heteroatoms. The molecular weight excluding hydrogens is 485 g/mol. The van der Waals surface area contributed by atoms with Crippen LogP contribution in [0.3, 0.4) is 0 Å². The van der Waals surface area contributed by atoms with Crippen molar-refractivity contribution in [1.82, 2.24) is 14.5 Å². The third-order valence-corrected chi connectivity index (χ3v) is 8.35. The Morgan fingerprint density at radius 1 is 1.18 bits per heavy atom. The van der Waals surface area contributed by atoms with E-state index in [1.165, 1.54) is 25.7 Å². The van der Waals surface area contributed by atoms with Crippen LogP contribution in [-0.4, -0.2) is 69.2 Å². The molecule has 190 valence electrons. The van der Waals surface area contributed by atoms with Gasteiger partial charge >= 0.3 is 7.60 Å². The molecule has 4 rings (SSSR count). The first-order valence-corrected chi connectivity index (χ1v) is 14.0. The van der Waals surface area contributed by atoms with Gasteiger partial charge in [-0.1, -0.05) is 25.7 Å². The zero-order valence-corrected chi connectivity index (χ0v) is 21.2. The molecular formula is C22H33ClN3O7P. The number of rotatable bonds is 11. The summed E-state index contributed by atoms with van der Waals surface area (Å²) in [6, 6.07) is 1.89. The number of ether oxygens (including phenoxy) is 2. The first-order chi connectivity index (χ1) is 16.3. The van der Waals surface area contributed by atoms with Crippen molar-refractivity contribution < 1.29 is 33.3 Å².